The van der Waals surface area contributed by atoms with Crippen molar-refractivity contribution >= 4 is 21.6 Å². The van der Waals surface area contributed by atoms with Crippen LogP contribution in [0.1, 0.15) is 43.2 Å². The maximum absolute atomic E-state index is 12.9. The number of rotatable bonds is 7. The molecule has 1 aliphatic heterocycles. The van der Waals surface area contributed by atoms with Crippen LogP contribution in [0.4, 0.5) is 5.69 Å². The molecule has 0 atom stereocenters. The number of anilines is 1. The number of amides is 1. The van der Waals surface area contributed by atoms with Gasteiger partial charge in [0.25, 0.3) is 0 Å². The second-order valence-electron chi connectivity index (χ2n) is 9.05. The van der Waals surface area contributed by atoms with E-state index >= 15 is 0 Å². The van der Waals surface area contributed by atoms with Crippen LogP contribution in [0.2, 0.25) is 0 Å². The van der Waals surface area contributed by atoms with Gasteiger partial charge in [-0.15, -0.1) is 0 Å². The summed E-state index contributed by atoms with van der Waals surface area (Å²) in [6.45, 7) is 7.22. The standard InChI is InChI=1S/C25H30N4O4S/c1-17-10-12-29(13-11-17)34(31,32)22-6-4-20(5-7-22)25-27-24(33-28-25)9-8-23(30)26-21-15-18(2)14-19(3)16-21/h4-7,14-17H,8-13H2,1-3H3,(H,26,30). The van der Waals surface area contributed by atoms with Crippen molar-refractivity contribution in [3.8, 4) is 11.4 Å². The van der Waals surface area contributed by atoms with E-state index in [0.717, 1.165) is 29.7 Å². The number of sulfonamides is 1. The summed E-state index contributed by atoms with van der Waals surface area (Å²) >= 11 is 0. The molecular formula is C25H30N4O4S. The van der Waals surface area contributed by atoms with E-state index in [-0.39, 0.29) is 17.2 Å². The SMILES string of the molecule is Cc1cc(C)cc(NC(=O)CCc2nc(-c3ccc(S(=O)(=O)N4CCC(C)CC4)cc3)no2)c1. The van der Waals surface area contributed by atoms with Crippen LogP contribution >= 0.6 is 0 Å². The van der Waals surface area contributed by atoms with Crippen molar-refractivity contribution in [3.63, 3.8) is 0 Å². The zero-order valence-electron chi connectivity index (χ0n) is 19.7. The Labute approximate surface area is 200 Å². The normalized spacial score (nSPS) is 15.4. The van der Waals surface area contributed by atoms with Crippen molar-refractivity contribution in [1.29, 1.82) is 0 Å². The molecule has 4 rings (SSSR count). The van der Waals surface area contributed by atoms with E-state index in [9.17, 15) is 13.2 Å². The van der Waals surface area contributed by atoms with Crippen LogP contribution in [0.5, 0.6) is 0 Å². The van der Waals surface area contributed by atoms with Crippen LogP contribution in [0, 0.1) is 19.8 Å². The van der Waals surface area contributed by atoms with Crippen molar-refractivity contribution in [2.45, 2.75) is 51.3 Å². The first kappa shape index (κ1) is 24.1. The van der Waals surface area contributed by atoms with Gasteiger partial charge in [0, 0.05) is 37.2 Å². The molecular weight excluding hydrogens is 452 g/mol. The highest BCUT2D eigenvalue weighted by atomic mass is 32.2. The first-order valence-electron chi connectivity index (χ1n) is 11.5. The number of nitrogens with one attached hydrogen (secondary N) is 1. The molecule has 1 aromatic heterocycles. The van der Waals surface area contributed by atoms with Crippen LogP contribution in [0.15, 0.2) is 51.9 Å². The van der Waals surface area contributed by atoms with Gasteiger partial charge < -0.3 is 9.84 Å². The lowest BCUT2D eigenvalue weighted by Gasteiger charge is -2.29. The summed E-state index contributed by atoms with van der Waals surface area (Å²) < 4.78 is 32.6. The van der Waals surface area contributed by atoms with E-state index in [1.165, 1.54) is 0 Å². The third-order valence-corrected chi connectivity index (χ3v) is 7.95. The lowest BCUT2D eigenvalue weighted by molar-refractivity contribution is -0.116. The summed E-state index contributed by atoms with van der Waals surface area (Å²) in [6.07, 6.45) is 2.28. The predicted molar refractivity (Wildman–Crippen MR) is 130 cm³/mol. The third kappa shape index (κ3) is 5.71. The van der Waals surface area contributed by atoms with Gasteiger partial charge in [-0.25, -0.2) is 8.42 Å². The molecule has 0 radical (unpaired) electrons. The molecule has 1 N–H and O–H groups in total. The van der Waals surface area contributed by atoms with E-state index in [2.05, 4.69) is 22.4 Å². The third-order valence-electron chi connectivity index (χ3n) is 6.03. The number of carbonyl (C=O) groups excluding carboxylic acids is 1. The molecule has 1 saturated heterocycles. The topological polar surface area (TPSA) is 105 Å². The highest BCUT2D eigenvalue weighted by molar-refractivity contribution is 7.89. The van der Waals surface area contributed by atoms with Crippen molar-refractivity contribution in [1.82, 2.24) is 14.4 Å². The largest absolute Gasteiger partial charge is 0.339 e. The zero-order chi connectivity index (χ0) is 24.3. The number of hydrogen-bond donors (Lipinski definition) is 1. The minimum absolute atomic E-state index is 0.133. The lowest BCUT2D eigenvalue weighted by atomic mass is 10.0. The molecule has 8 nitrogen and oxygen atoms in total. The molecule has 1 amide bonds. The Bertz CT molecular complexity index is 1240. The Balaban J connectivity index is 1.36. The second-order valence-corrected chi connectivity index (χ2v) is 11.0. The van der Waals surface area contributed by atoms with Crippen LogP contribution in [0.25, 0.3) is 11.4 Å². The monoisotopic (exact) mass is 482 g/mol. The molecule has 0 aliphatic carbocycles. The first-order chi connectivity index (χ1) is 16.2. The highest BCUT2D eigenvalue weighted by Gasteiger charge is 2.28. The molecule has 1 fully saturated rings. The molecule has 2 heterocycles. The van der Waals surface area contributed by atoms with Crippen molar-refractivity contribution in [3.05, 3.63) is 59.5 Å². The lowest BCUT2D eigenvalue weighted by Crippen LogP contribution is -2.37. The molecule has 0 spiro atoms. The fourth-order valence-corrected chi connectivity index (χ4v) is 5.58. The van der Waals surface area contributed by atoms with Gasteiger partial charge in [-0.3, -0.25) is 4.79 Å². The summed E-state index contributed by atoms with van der Waals surface area (Å²) in [6, 6.07) is 12.4. The number of piperidine rings is 1. The molecule has 1 aliphatic rings. The predicted octanol–water partition coefficient (Wildman–Crippen LogP) is 4.35. The maximum Gasteiger partial charge on any atom is 0.243 e. The number of hydrogen-bond acceptors (Lipinski definition) is 6. The Morgan fingerprint density at radius 3 is 2.38 bits per heavy atom. The number of aromatic nitrogens is 2. The fourth-order valence-electron chi connectivity index (χ4n) is 4.11. The van der Waals surface area contributed by atoms with Gasteiger partial charge in [-0.05, 0) is 80.1 Å². The maximum atomic E-state index is 12.9. The Morgan fingerprint density at radius 1 is 1.09 bits per heavy atom. The summed E-state index contributed by atoms with van der Waals surface area (Å²) in [4.78, 5) is 16.9. The second kappa shape index (κ2) is 10.1. The van der Waals surface area contributed by atoms with Crippen LogP contribution in [-0.4, -0.2) is 41.9 Å². The summed E-state index contributed by atoms with van der Waals surface area (Å²) in [5, 5.41) is 6.88. The average molecular weight is 483 g/mol. The fraction of sp³-hybridized carbons (Fsp3) is 0.400. The average Bonchev–Trinajstić information content (AvgIpc) is 3.26. The van der Waals surface area contributed by atoms with Gasteiger partial charge in [-0.2, -0.15) is 9.29 Å². The van der Waals surface area contributed by atoms with E-state index in [1.807, 2.05) is 32.0 Å². The van der Waals surface area contributed by atoms with Crippen molar-refractivity contribution in [2.24, 2.45) is 5.92 Å². The number of nitrogens with zero attached hydrogens (tertiary/aromatic N) is 3. The molecule has 2 aromatic carbocycles. The van der Waals surface area contributed by atoms with Gasteiger partial charge in [0.1, 0.15) is 0 Å². The van der Waals surface area contributed by atoms with Crippen LogP contribution in [-0.2, 0) is 21.2 Å². The van der Waals surface area contributed by atoms with E-state index in [0.29, 0.717) is 42.7 Å². The van der Waals surface area contributed by atoms with Gasteiger partial charge in [0.05, 0.1) is 4.90 Å². The molecule has 0 bridgehead atoms. The quantitative estimate of drug-likeness (QED) is 0.537. The highest BCUT2D eigenvalue weighted by Crippen LogP contribution is 2.25. The molecule has 0 saturated carbocycles. The Hall–Kier alpha value is -3.04. The molecule has 3 aromatic rings. The summed E-state index contributed by atoms with van der Waals surface area (Å²) in [5.41, 5.74) is 3.59. The minimum atomic E-state index is -3.50. The molecule has 0 unspecified atom stereocenters. The molecule has 180 valence electrons. The van der Waals surface area contributed by atoms with E-state index in [4.69, 9.17) is 4.52 Å². The van der Waals surface area contributed by atoms with E-state index < -0.39 is 10.0 Å². The van der Waals surface area contributed by atoms with Gasteiger partial charge in [0.15, 0.2) is 0 Å². The van der Waals surface area contributed by atoms with Crippen molar-refractivity contribution < 1.29 is 17.7 Å². The molecule has 9 heteroatoms. The number of aryl methyl sites for hydroxylation is 3. The smallest absolute Gasteiger partial charge is 0.243 e. The van der Waals surface area contributed by atoms with Gasteiger partial charge >= 0.3 is 0 Å². The molecule has 34 heavy (non-hydrogen) atoms. The van der Waals surface area contributed by atoms with E-state index in [1.54, 1.807) is 28.6 Å². The van der Waals surface area contributed by atoms with Crippen LogP contribution in [0.3, 0.4) is 0 Å². The van der Waals surface area contributed by atoms with Gasteiger partial charge in [0.2, 0.25) is 27.6 Å². The van der Waals surface area contributed by atoms with Gasteiger partial charge in [-0.1, -0.05) is 18.1 Å². The Kier molecular flexibility index (Phi) is 7.13. The Morgan fingerprint density at radius 2 is 1.74 bits per heavy atom. The zero-order valence-corrected chi connectivity index (χ0v) is 20.6. The number of benzene rings is 2. The summed E-state index contributed by atoms with van der Waals surface area (Å²) in [5.74, 6) is 1.13. The first-order valence-corrected chi connectivity index (χ1v) is 13.0. The minimum Gasteiger partial charge on any atom is -0.339 e. The van der Waals surface area contributed by atoms with Crippen molar-refractivity contribution in [2.75, 3.05) is 18.4 Å². The number of carbonyl (C=O) groups is 1. The van der Waals surface area contributed by atoms with Crippen LogP contribution < -0.4 is 5.32 Å². The summed E-state index contributed by atoms with van der Waals surface area (Å²) in [7, 11) is -3.50.